The molecule has 5 rings (SSSR count). The van der Waals surface area contributed by atoms with Crippen molar-refractivity contribution < 1.29 is 38.5 Å². The zero-order valence-electron chi connectivity index (χ0n) is 22.5. The van der Waals surface area contributed by atoms with Crippen LogP contribution in [0.4, 0.5) is 17.1 Å². The minimum atomic E-state index is -1.54. The third-order valence-corrected chi connectivity index (χ3v) is 7.05. The number of halogens is 1. The largest absolute Gasteiger partial charge is 0.496 e. The van der Waals surface area contributed by atoms with Gasteiger partial charge in [-0.2, -0.15) is 0 Å². The molecule has 1 heterocycles. The first kappa shape index (κ1) is 29.5. The number of nitro groups is 2. The van der Waals surface area contributed by atoms with E-state index in [4.69, 9.17) is 21.1 Å². The van der Waals surface area contributed by atoms with Crippen molar-refractivity contribution in [1.82, 2.24) is 0 Å². The molecule has 0 N–H and O–H groups in total. The van der Waals surface area contributed by atoms with Crippen molar-refractivity contribution in [3.63, 3.8) is 0 Å². The van der Waals surface area contributed by atoms with Gasteiger partial charge in [0.05, 0.1) is 33.2 Å². The van der Waals surface area contributed by atoms with Crippen LogP contribution in [-0.4, -0.2) is 40.5 Å². The highest BCUT2D eigenvalue weighted by atomic mass is 35.5. The van der Waals surface area contributed by atoms with Crippen molar-refractivity contribution in [3.8, 4) is 5.75 Å². The summed E-state index contributed by atoms with van der Waals surface area (Å²) >= 11 is 6.44. The van der Waals surface area contributed by atoms with Crippen molar-refractivity contribution in [3.05, 3.63) is 138 Å². The molecule has 0 aliphatic carbocycles. The SMILES string of the molecule is COc1cc(N2C(=O)c3cccc([N+](=O)[O-])c3C2=O)c(Cl)cc1C(=O)O[C@H](C(=O)c1ccccc1)c1ccc([N+](=O)[O-])cc1. The standard InChI is InChI=1S/C30H18ClN3O10/c1-43-24-15-23(32-28(36)19-8-5-9-22(34(41)42)25(19)29(32)37)21(31)14-20(24)30(38)44-27(26(35)16-6-3-2-4-7-16)17-10-12-18(13-11-17)33(39)40/h2-15,27H,1H3/t27-/m0/s1. The number of ether oxygens (including phenoxy) is 2. The molecule has 2 amide bonds. The zero-order chi connectivity index (χ0) is 31.7. The Morgan fingerprint density at radius 1 is 0.864 bits per heavy atom. The number of carbonyl (C=O) groups excluding carboxylic acids is 4. The highest BCUT2D eigenvalue weighted by Gasteiger charge is 2.43. The number of ketones is 1. The molecule has 1 aliphatic heterocycles. The average molecular weight is 616 g/mol. The highest BCUT2D eigenvalue weighted by Crippen LogP contribution is 2.40. The highest BCUT2D eigenvalue weighted by molar-refractivity contribution is 6.40. The number of benzene rings is 4. The fourth-order valence-electron chi connectivity index (χ4n) is 4.65. The van der Waals surface area contributed by atoms with Crippen LogP contribution in [0.15, 0.2) is 84.9 Å². The normalized spacial score (nSPS) is 12.8. The molecule has 44 heavy (non-hydrogen) atoms. The third kappa shape index (κ3) is 5.23. The summed E-state index contributed by atoms with van der Waals surface area (Å²) in [6.07, 6.45) is -1.54. The summed E-state index contributed by atoms with van der Waals surface area (Å²) in [6.45, 7) is 0. The predicted molar refractivity (Wildman–Crippen MR) is 154 cm³/mol. The number of non-ortho nitro benzene ring substituents is 1. The van der Waals surface area contributed by atoms with Crippen LogP contribution in [0.25, 0.3) is 0 Å². The third-order valence-electron chi connectivity index (χ3n) is 6.75. The second kappa shape index (κ2) is 11.7. The van der Waals surface area contributed by atoms with Gasteiger partial charge in [-0.3, -0.25) is 34.6 Å². The number of anilines is 1. The van der Waals surface area contributed by atoms with E-state index in [1.54, 1.807) is 18.2 Å². The summed E-state index contributed by atoms with van der Waals surface area (Å²) in [7, 11) is 1.19. The lowest BCUT2D eigenvalue weighted by atomic mass is 9.99. The predicted octanol–water partition coefficient (Wildman–Crippen LogP) is 5.75. The van der Waals surface area contributed by atoms with Crippen LogP contribution in [-0.2, 0) is 4.74 Å². The number of methoxy groups -OCH3 is 1. The van der Waals surface area contributed by atoms with Crippen LogP contribution in [0.5, 0.6) is 5.75 Å². The smallest absolute Gasteiger partial charge is 0.343 e. The lowest BCUT2D eigenvalue weighted by molar-refractivity contribution is -0.385. The number of carbonyl (C=O) groups is 4. The van der Waals surface area contributed by atoms with Gasteiger partial charge in [-0.05, 0) is 24.3 Å². The maximum absolute atomic E-state index is 13.5. The maximum Gasteiger partial charge on any atom is 0.343 e. The first-order valence-corrected chi connectivity index (χ1v) is 13.0. The molecule has 13 nitrogen and oxygen atoms in total. The van der Waals surface area contributed by atoms with Gasteiger partial charge in [0.25, 0.3) is 23.2 Å². The monoisotopic (exact) mass is 615 g/mol. The Labute approximate surface area is 252 Å². The second-order valence-corrected chi connectivity index (χ2v) is 9.68. The molecule has 0 saturated carbocycles. The van der Waals surface area contributed by atoms with Crippen molar-refractivity contribution in [2.24, 2.45) is 0 Å². The van der Waals surface area contributed by atoms with Gasteiger partial charge in [-0.15, -0.1) is 0 Å². The molecule has 4 aromatic rings. The number of hydrogen-bond acceptors (Lipinski definition) is 10. The number of nitro benzene ring substituents is 2. The van der Waals surface area contributed by atoms with E-state index in [-0.39, 0.29) is 44.4 Å². The second-order valence-electron chi connectivity index (χ2n) is 9.27. The molecule has 0 aromatic heterocycles. The molecular weight excluding hydrogens is 598 g/mol. The van der Waals surface area contributed by atoms with Gasteiger partial charge in [-0.25, -0.2) is 9.69 Å². The van der Waals surface area contributed by atoms with E-state index in [9.17, 15) is 39.4 Å². The van der Waals surface area contributed by atoms with Crippen LogP contribution >= 0.6 is 11.6 Å². The summed E-state index contributed by atoms with van der Waals surface area (Å²) in [5, 5.41) is 22.3. The van der Waals surface area contributed by atoms with Gasteiger partial charge in [-0.1, -0.05) is 48.0 Å². The van der Waals surface area contributed by atoms with Crippen LogP contribution in [0, 0.1) is 20.2 Å². The van der Waals surface area contributed by atoms with Crippen molar-refractivity contribution in [2.75, 3.05) is 12.0 Å². The van der Waals surface area contributed by atoms with E-state index in [1.807, 2.05) is 0 Å². The summed E-state index contributed by atoms with van der Waals surface area (Å²) in [5.74, 6) is -3.78. The van der Waals surface area contributed by atoms with Gasteiger partial charge in [0.1, 0.15) is 16.9 Å². The van der Waals surface area contributed by atoms with E-state index in [0.717, 1.165) is 30.3 Å². The summed E-state index contributed by atoms with van der Waals surface area (Å²) in [5.41, 5.74) is -1.57. The Morgan fingerprint density at radius 3 is 2.16 bits per heavy atom. The first-order chi connectivity index (χ1) is 21.0. The summed E-state index contributed by atoms with van der Waals surface area (Å²) in [6, 6.07) is 18.6. The van der Waals surface area contributed by atoms with E-state index in [0.29, 0.717) is 4.90 Å². The number of hydrogen-bond donors (Lipinski definition) is 0. The molecule has 4 aromatic carbocycles. The van der Waals surface area contributed by atoms with Crippen molar-refractivity contribution in [2.45, 2.75) is 6.10 Å². The van der Waals surface area contributed by atoms with E-state index < -0.39 is 50.8 Å². The van der Waals surface area contributed by atoms with Crippen LogP contribution in [0.2, 0.25) is 5.02 Å². The summed E-state index contributed by atoms with van der Waals surface area (Å²) < 4.78 is 10.9. The molecule has 220 valence electrons. The van der Waals surface area contributed by atoms with Crippen LogP contribution in [0.3, 0.4) is 0 Å². The van der Waals surface area contributed by atoms with Gasteiger partial charge in [0.15, 0.2) is 6.10 Å². The maximum atomic E-state index is 13.5. The number of esters is 1. The van der Waals surface area contributed by atoms with Crippen LogP contribution < -0.4 is 9.64 Å². The number of rotatable bonds is 9. The van der Waals surface area contributed by atoms with Gasteiger partial charge < -0.3 is 9.47 Å². The number of amides is 2. The van der Waals surface area contributed by atoms with Gasteiger partial charge in [0, 0.05) is 35.4 Å². The fraction of sp³-hybridized carbons (Fsp3) is 0.0667. The molecule has 1 atom stereocenters. The number of imide groups is 1. The Bertz CT molecular complexity index is 1880. The van der Waals surface area contributed by atoms with E-state index in [1.165, 1.54) is 43.5 Å². The Balaban J connectivity index is 1.51. The Hall–Kier alpha value is -5.95. The average Bonchev–Trinajstić information content (AvgIpc) is 3.28. The quantitative estimate of drug-likeness (QED) is 0.0740. The molecule has 1 aliphatic rings. The topological polar surface area (TPSA) is 176 Å². The number of nitrogens with zero attached hydrogens (tertiary/aromatic N) is 3. The Morgan fingerprint density at radius 2 is 1.55 bits per heavy atom. The van der Waals surface area contributed by atoms with Gasteiger partial charge >= 0.3 is 5.97 Å². The molecule has 0 bridgehead atoms. The molecule has 0 radical (unpaired) electrons. The molecule has 0 fully saturated rings. The minimum Gasteiger partial charge on any atom is -0.496 e. The fourth-order valence-corrected chi connectivity index (χ4v) is 4.90. The minimum absolute atomic E-state index is 0.145. The first-order valence-electron chi connectivity index (χ1n) is 12.6. The lowest BCUT2D eigenvalue weighted by Gasteiger charge is -2.20. The summed E-state index contributed by atoms with van der Waals surface area (Å²) in [4.78, 5) is 75.1. The van der Waals surface area contributed by atoms with Crippen molar-refractivity contribution >= 4 is 52.2 Å². The van der Waals surface area contributed by atoms with E-state index >= 15 is 0 Å². The van der Waals surface area contributed by atoms with Gasteiger partial charge in [0.2, 0.25) is 5.78 Å². The zero-order valence-corrected chi connectivity index (χ0v) is 23.2. The molecular formula is C30H18ClN3O10. The van der Waals surface area contributed by atoms with Crippen molar-refractivity contribution in [1.29, 1.82) is 0 Å². The number of Topliss-reactive ketones (excluding diaryl/α,β-unsaturated/α-hetero) is 1. The van der Waals surface area contributed by atoms with Crippen LogP contribution in [0.1, 0.15) is 53.1 Å². The number of fused-ring (bicyclic) bond motifs is 1. The lowest BCUT2D eigenvalue weighted by Crippen LogP contribution is -2.30. The van der Waals surface area contributed by atoms with E-state index in [2.05, 4.69) is 0 Å². The molecule has 0 saturated heterocycles. The molecule has 0 spiro atoms. The molecule has 0 unspecified atom stereocenters. The molecule has 14 heteroatoms. The Kier molecular flexibility index (Phi) is 7.88.